The summed E-state index contributed by atoms with van der Waals surface area (Å²) in [6.45, 7) is 0. The van der Waals surface area contributed by atoms with Gasteiger partial charge in [0.1, 0.15) is 10.8 Å². The Labute approximate surface area is 131 Å². The summed E-state index contributed by atoms with van der Waals surface area (Å²) in [5.74, 6) is -0.909. The Morgan fingerprint density at radius 3 is 2.50 bits per heavy atom. The fourth-order valence-electron chi connectivity index (χ4n) is 2.98. The minimum absolute atomic E-state index is 0.244. The second-order valence-corrected chi connectivity index (χ2v) is 6.31. The van der Waals surface area contributed by atoms with E-state index in [0.29, 0.717) is 0 Å². The molecule has 0 aliphatic heterocycles. The molecule has 112 valence electrons. The number of fused-ring (bicyclic) bond motifs is 3. The molecule has 1 heterocycles. The molecule has 0 radical (unpaired) electrons. The molecule has 0 bridgehead atoms. The van der Waals surface area contributed by atoms with Gasteiger partial charge in [-0.25, -0.2) is 9.37 Å². The molecule has 0 unspecified atom stereocenters. The van der Waals surface area contributed by atoms with E-state index >= 15 is 0 Å². The van der Waals surface area contributed by atoms with Gasteiger partial charge in [0.25, 0.3) is 0 Å². The van der Waals surface area contributed by atoms with Crippen LogP contribution < -0.4 is 0 Å². The van der Waals surface area contributed by atoms with E-state index in [1.165, 1.54) is 17.7 Å². The Hall–Kier alpha value is -1.82. The molecular formula is C17H14FNO2S. The minimum Gasteiger partial charge on any atom is -0.349 e. The van der Waals surface area contributed by atoms with Gasteiger partial charge in [-0.05, 0) is 35.9 Å². The van der Waals surface area contributed by atoms with E-state index in [-0.39, 0.29) is 5.82 Å². The van der Waals surface area contributed by atoms with Crippen LogP contribution in [0.2, 0.25) is 0 Å². The third kappa shape index (κ3) is 1.83. The molecule has 0 saturated carbocycles. The molecule has 1 aromatic heterocycles. The van der Waals surface area contributed by atoms with Gasteiger partial charge < -0.3 is 9.47 Å². The second kappa shape index (κ2) is 4.84. The van der Waals surface area contributed by atoms with Gasteiger partial charge in [-0.15, -0.1) is 11.3 Å². The van der Waals surface area contributed by atoms with Crippen molar-refractivity contribution in [2.24, 2.45) is 0 Å². The molecule has 2 aromatic carbocycles. The van der Waals surface area contributed by atoms with E-state index in [1.54, 1.807) is 37.7 Å². The van der Waals surface area contributed by atoms with Gasteiger partial charge in [0.05, 0.1) is 10.2 Å². The molecule has 0 saturated heterocycles. The van der Waals surface area contributed by atoms with Crippen LogP contribution in [0, 0.1) is 5.82 Å². The minimum atomic E-state index is -0.665. The average Bonchev–Trinajstić information content (AvgIpc) is 2.92. The molecule has 5 heteroatoms. The maximum Gasteiger partial charge on any atom is 0.200 e. The highest BCUT2D eigenvalue weighted by molar-refractivity contribution is 7.21. The summed E-state index contributed by atoms with van der Waals surface area (Å²) in [6, 6.07) is 10.5. The van der Waals surface area contributed by atoms with E-state index < -0.39 is 5.79 Å². The van der Waals surface area contributed by atoms with E-state index in [1.807, 2.05) is 6.07 Å². The van der Waals surface area contributed by atoms with Crippen molar-refractivity contribution in [3.63, 3.8) is 0 Å². The fraction of sp³-hybridized carbons (Fsp3) is 0.235. The lowest BCUT2D eigenvalue weighted by molar-refractivity contribution is -0.229. The highest BCUT2D eigenvalue weighted by atomic mass is 32.1. The zero-order chi connectivity index (χ0) is 15.3. The zero-order valence-electron chi connectivity index (χ0n) is 12.2. The van der Waals surface area contributed by atoms with Gasteiger partial charge in [-0.3, -0.25) is 0 Å². The van der Waals surface area contributed by atoms with Crippen LogP contribution in [0.25, 0.3) is 20.8 Å². The lowest BCUT2D eigenvalue weighted by atomic mass is 9.81. The molecule has 0 N–H and O–H groups in total. The molecule has 0 fully saturated rings. The molecule has 22 heavy (non-hydrogen) atoms. The van der Waals surface area contributed by atoms with Gasteiger partial charge in [0.2, 0.25) is 0 Å². The Morgan fingerprint density at radius 1 is 1.09 bits per heavy atom. The third-order valence-corrected chi connectivity index (χ3v) is 5.34. The van der Waals surface area contributed by atoms with Crippen LogP contribution in [0.3, 0.4) is 0 Å². The number of halogens is 1. The largest absolute Gasteiger partial charge is 0.349 e. The van der Waals surface area contributed by atoms with Crippen LogP contribution in [-0.2, 0) is 21.7 Å². The number of hydrogen-bond donors (Lipinski definition) is 0. The van der Waals surface area contributed by atoms with Gasteiger partial charge in [0.15, 0.2) is 5.79 Å². The van der Waals surface area contributed by atoms with Crippen molar-refractivity contribution in [3.05, 3.63) is 53.3 Å². The first-order valence-electron chi connectivity index (χ1n) is 6.96. The van der Waals surface area contributed by atoms with E-state index in [4.69, 9.17) is 9.47 Å². The van der Waals surface area contributed by atoms with Gasteiger partial charge in [0, 0.05) is 31.8 Å². The maximum atomic E-state index is 13.1. The number of methoxy groups -OCH3 is 2. The molecule has 1 aliphatic rings. The van der Waals surface area contributed by atoms with Crippen molar-refractivity contribution < 1.29 is 13.9 Å². The van der Waals surface area contributed by atoms with Crippen LogP contribution >= 0.6 is 11.3 Å². The summed E-state index contributed by atoms with van der Waals surface area (Å²) in [4.78, 5) is 4.67. The molecular weight excluding hydrogens is 301 g/mol. The monoisotopic (exact) mass is 315 g/mol. The quantitative estimate of drug-likeness (QED) is 0.682. The molecule has 1 aliphatic carbocycles. The fourth-order valence-corrected chi connectivity index (χ4v) is 4.18. The topological polar surface area (TPSA) is 31.4 Å². The molecule has 3 nitrogen and oxygen atoms in total. The Morgan fingerprint density at radius 2 is 1.82 bits per heavy atom. The summed E-state index contributed by atoms with van der Waals surface area (Å²) in [6.07, 6.45) is 0.745. The van der Waals surface area contributed by atoms with Crippen LogP contribution in [0.5, 0.6) is 0 Å². The van der Waals surface area contributed by atoms with E-state index in [9.17, 15) is 4.39 Å². The summed E-state index contributed by atoms with van der Waals surface area (Å²) >= 11 is 1.59. The Kier molecular flexibility index (Phi) is 3.04. The van der Waals surface area contributed by atoms with Crippen molar-refractivity contribution >= 4 is 21.6 Å². The van der Waals surface area contributed by atoms with Crippen molar-refractivity contribution in [2.75, 3.05) is 14.2 Å². The van der Waals surface area contributed by atoms with Crippen LogP contribution in [0.15, 0.2) is 36.4 Å². The molecule has 3 aromatic rings. The number of ether oxygens (including phenoxy) is 2. The SMILES string of the molecule is COC1(OC)Cc2ccc3nc(-c4ccc(F)cc4)sc3c21. The predicted octanol–water partition coefficient (Wildman–Crippen LogP) is 4.10. The molecule has 4 rings (SSSR count). The molecule has 0 spiro atoms. The summed E-state index contributed by atoms with van der Waals surface area (Å²) in [7, 11) is 3.32. The average molecular weight is 315 g/mol. The second-order valence-electron chi connectivity index (χ2n) is 5.31. The number of rotatable bonds is 3. The lowest BCUT2D eigenvalue weighted by Crippen LogP contribution is -2.42. The first-order chi connectivity index (χ1) is 10.7. The number of benzene rings is 2. The van der Waals surface area contributed by atoms with Crippen LogP contribution in [0.1, 0.15) is 11.1 Å². The smallest absolute Gasteiger partial charge is 0.200 e. The summed E-state index contributed by atoms with van der Waals surface area (Å²) < 4.78 is 25.3. The first-order valence-corrected chi connectivity index (χ1v) is 7.77. The first kappa shape index (κ1) is 13.8. The number of thiazole rings is 1. The standard InChI is InChI=1S/C17H14FNO2S/c1-20-17(21-2)9-11-5-8-13-15(14(11)17)22-16(19-13)10-3-6-12(18)7-4-10/h3-8H,9H2,1-2H3. The highest BCUT2D eigenvalue weighted by Gasteiger charge is 2.45. The van der Waals surface area contributed by atoms with Crippen molar-refractivity contribution in [1.29, 1.82) is 0 Å². The maximum absolute atomic E-state index is 13.1. The highest BCUT2D eigenvalue weighted by Crippen LogP contribution is 2.48. The molecule has 0 amide bonds. The van der Waals surface area contributed by atoms with Crippen LogP contribution in [-0.4, -0.2) is 19.2 Å². The Bertz CT molecular complexity index is 853. The molecule has 0 atom stereocenters. The van der Waals surface area contributed by atoms with E-state index in [2.05, 4.69) is 11.1 Å². The third-order valence-electron chi connectivity index (χ3n) is 4.20. The van der Waals surface area contributed by atoms with Gasteiger partial charge >= 0.3 is 0 Å². The van der Waals surface area contributed by atoms with Crippen molar-refractivity contribution in [2.45, 2.75) is 12.2 Å². The predicted molar refractivity (Wildman–Crippen MR) is 84.4 cm³/mol. The van der Waals surface area contributed by atoms with Crippen molar-refractivity contribution in [1.82, 2.24) is 4.98 Å². The lowest BCUT2D eigenvalue weighted by Gasteiger charge is -2.41. The van der Waals surface area contributed by atoms with Gasteiger partial charge in [-0.2, -0.15) is 0 Å². The van der Waals surface area contributed by atoms with E-state index in [0.717, 1.165) is 32.8 Å². The number of aromatic nitrogens is 1. The van der Waals surface area contributed by atoms with Crippen LogP contribution in [0.4, 0.5) is 4.39 Å². The normalized spacial score (nSPS) is 15.6. The number of nitrogens with zero attached hydrogens (tertiary/aromatic N) is 1. The number of hydrogen-bond acceptors (Lipinski definition) is 4. The summed E-state index contributed by atoms with van der Waals surface area (Å²) in [5, 5.41) is 0.872. The summed E-state index contributed by atoms with van der Waals surface area (Å²) in [5.41, 5.74) is 4.13. The van der Waals surface area contributed by atoms with Crippen molar-refractivity contribution in [3.8, 4) is 10.6 Å². The van der Waals surface area contributed by atoms with Gasteiger partial charge in [-0.1, -0.05) is 6.07 Å². The Balaban J connectivity index is 1.89. The zero-order valence-corrected chi connectivity index (χ0v) is 13.0.